The number of hydrogen-bond acceptors (Lipinski definition) is 1. The molecular weight excluding hydrogens is 266 g/mol. The highest BCUT2D eigenvalue weighted by Crippen LogP contribution is 2.41. The van der Waals surface area contributed by atoms with Crippen molar-refractivity contribution < 1.29 is 0 Å². The van der Waals surface area contributed by atoms with E-state index >= 15 is 0 Å². The molecule has 0 aromatic heterocycles. The Labute approximate surface area is 127 Å². The average molecular weight is 290 g/mol. The number of rotatable bonds is 2. The summed E-state index contributed by atoms with van der Waals surface area (Å²) in [5.74, 6) is 0. The van der Waals surface area contributed by atoms with Crippen molar-refractivity contribution in [1.29, 1.82) is 0 Å². The fraction of sp³-hybridized carbons (Fsp3) is 0.556. The van der Waals surface area contributed by atoms with Crippen LogP contribution in [0.5, 0.6) is 0 Å². The molecule has 2 unspecified atom stereocenters. The molecule has 0 spiro atoms. The molecule has 3 rings (SSSR count). The minimum absolute atomic E-state index is 0.327. The molecule has 2 atom stereocenters. The van der Waals surface area contributed by atoms with Crippen molar-refractivity contribution >= 4 is 11.6 Å². The Morgan fingerprint density at radius 2 is 1.85 bits per heavy atom. The topological polar surface area (TPSA) is 3.24 Å². The summed E-state index contributed by atoms with van der Waals surface area (Å²) >= 11 is 5.97. The number of fused-ring (bicyclic) bond motifs is 2. The van der Waals surface area contributed by atoms with Crippen LogP contribution < -0.4 is 0 Å². The van der Waals surface area contributed by atoms with E-state index in [1.54, 1.807) is 5.57 Å². The monoisotopic (exact) mass is 289 g/mol. The van der Waals surface area contributed by atoms with Gasteiger partial charge in [-0.1, -0.05) is 56.2 Å². The van der Waals surface area contributed by atoms with Crippen LogP contribution >= 0.6 is 11.6 Å². The number of nitrogens with zero attached hydrogens (tertiary/aromatic N) is 1. The summed E-state index contributed by atoms with van der Waals surface area (Å²) in [5, 5.41) is 0.824. The minimum Gasteiger partial charge on any atom is -0.289 e. The summed E-state index contributed by atoms with van der Waals surface area (Å²) in [4.78, 5) is 2.68. The van der Waals surface area contributed by atoms with Gasteiger partial charge in [-0.3, -0.25) is 4.90 Å². The largest absolute Gasteiger partial charge is 0.289 e. The lowest BCUT2D eigenvalue weighted by atomic mass is 9.80. The molecular formula is C18H24ClN. The van der Waals surface area contributed by atoms with E-state index < -0.39 is 0 Å². The van der Waals surface area contributed by atoms with E-state index in [9.17, 15) is 0 Å². The third kappa shape index (κ3) is 2.80. The summed E-state index contributed by atoms with van der Waals surface area (Å²) < 4.78 is 0. The molecule has 0 aliphatic carbocycles. The van der Waals surface area contributed by atoms with E-state index in [4.69, 9.17) is 11.6 Å². The van der Waals surface area contributed by atoms with Crippen molar-refractivity contribution in [1.82, 2.24) is 4.90 Å². The summed E-state index contributed by atoms with van der Waals surface area (Å²) in [5.41, 5.74) is 3.35. The lowest BCUT2D eigenvalue weighted by Gasteiger charge is -2.38. The molecule has 2 aliphatic rings. The van der Waals surface area contributed by atoms with Crippen LogP contribution in [0.2, 0.25) is 5.02 Å². The first-order valence-corrected chi connectivity index (χ1v) is 8.02. The van der Waals surface area contributed by atoms with Crippen LogP contribution in [0.3, 0.4) is 0 Å². The molecule has 1 aromatic rings. The zero-order valence-corrected chi connectivity index (χ0v) is 13.5. The molecule has 0 radical (unpaired) electrons. The maximum atomic E-state index is 5.97. The Morgan fingerprint density at radius 1 is 1.15 bits per heavy atom. The smallest absolute Gasteiger partial charge is 0.0406 e. The first-order valence-electron chi connectivity index (χ1n) is 7.65. The van der Waals surface area contributed by atoms with Gasteiger partial charge in [0.1, 0.15) is 0 Å². The number of hydrogen-bond donors (Lipinski definition) is 0. The number of halogens is 1. The van der Waals surface area contributed by atoms with Crippen LogP contribution in [0, 0.1) is 5.41 Å². The second-order valence-corrected chi connectivity index (χ2v) is 7.68. The van der Waals surface area contributed by atoms with Gasteiger partial charge in [0, 0.05) is 23.7 Å². The predicted octanol–water partition coefficient (Wildman–Crippen LogP) is 5.05. The Balaban J connectivity index is 1.77. The van der Waals surface area contributed by atoms with Crippen LogP contribution in [0.4, 0.5) is 0 Å². The highest BCUT2D eigenvalue weighted by molar-refractivity contribution is 6.30. The second kappa shape index (κ2) is 5.20. The van der Waals surface area contributed by atoms with E-state index in [-0.39, 0.29) is 0 Å². The summed E-state index contributed by atoms with van der Waals surface area (Å²) in [6, 6.07) is 9.68. The molecule has 1 aromatic carbocycles. The molecule has 1 saturated heterocycles. The quantitative estimate of drug-likeness (QED) is 0.689. The van der Waals surface area contributed by atoms with Gasteiger partial charge >= 0.3 is 0 Å². The van der Waals surface area contributed by atoms with Gasteiger partial charge in [-0.15, -0.1) is 0 Å². The second-order valence-electron chi connectivity index (χ2n) is 7.24. The SMILES string of the molecule is CC(C)(C)C1=CC2CCC(C1)N2Cc1ccc(Cl)cc1. The lowest BCUT2D eigenvalue weighted by Crippen LogP contribution is -2.39. The van der Waals surface area contributed by atoms with Crippen molar-refractivity contribution in [3.8, 4) is 0 Å². The van der Waals surface area contributed by atoms with Crippen molar-refractivity contribution in [3.63, 3.8) is 0 Å². The normalized spacial score (nSPS) is 26.7. The molecule has 1 nitrogen and oxygen atoms in total. The van der Waals surface area contributed by atoms with Crippen LogP contribution in [0.15, 0.2) is 35.9 Å². The fourth-order valence-corrected chi connectivity index (χ4v) is 3.65. The minimum atomic E-state index is 0.327. The Morgan fingerprint density at radius 3 is 2.45 bits per heavy atom. The van der Waals surface area contributed by atoms with Gasteiger partial charge in [0.05, 0.1) is 0 Å². The average Bonchev–Trinajstić information content (AvgIpc) is 2.61. The van der Waals surface area contributed by atoms with Gasteiger partial charge in [0.2, 0.25) is 0 Å². The van der Waals surface area contributed by atoms with Crippen molar-refractivity contribution in [2.75, 3.05) is 0 Å². The van der Waals surface area contributed by atoms with E-state index in [2.05, 4.69) is 43.9 Å². The number of benzene rings is 1. The highest BCUT2D eigenvalue weighted by atomic mass is 35.5. The maximum absolute atomic E-state index is 5.97. The van der Waals surface area contributed by atoms with Crippen LogP contribution in [-0.2, 0) is 6.54 Å². The Hall–Kier alpha value is -0.790. The van der Waals surface area contributed by atoms with Crippen LogP contribution in [0.25, 0.3) is 0 Å². The standard InChI is InChI=1S/C18H24ClN/c1-18(2,3)14-10-16-8-9-17(11-14)20(16)12-13-4-6-15(19)7-5-13/h4-7,10,16-17H,8-9,11-12H2,1-3H3. The third-order valence-corrected chi connectivity index (χ3v) is 5.03. The fourth-order valence-electron chi connectivity index (χ4n) is 3.52. The van der Waals surface area contributed by atoms with Crippen molar-refractivity contribution in [2.24, 2.45) is 5.41 Å². The van der Waals surface area contributed by atoms with E-state index in [1.165, 1.54) is 24.8 Å². The van der Waals surface area contributed by atoms with Gasteiger partial charge in [-0.2, -0.15) is 0 Å². The lowest BCUT2D eigenvalue weighted by molar-refractivity contribution is 0.185. The molecule has 2 aliphatic heterocycles. The molecule has 0 amide bonds. The maximum Gasteiger partial charge on any atom is 0.0406 e. The summed E-state index contributed by atoms with van der Waals surface area (Å²) in [6.45, 7) is 8.08. The highest BCUT2D eigenvalue weighted by Gasteiger charge is 2.38. The molecule has 108 valence electrons. The van der Waals surface area contributed by atoms with Crippen LogP contribution in [-0.4, -0.2) is 17.0 Å². The molecule has 2 bridgehead atoms. The van der Waals surface area contributed by atoms with Crippen molar-refractivity contribution in [3.05, 3.63) is 46.5 Å². The molecule has 0 N–H and O–H groups in total. The molecule has 20 heavy (non-hydrogen) atoms. The van der Waals surface area contributed by atoms with E-state index in [1.807, 2.05) is 12.1 Å². The van der Waals surface area contributed by atoms with Gasteiger partial charge in [-0.05, 0) is 42.4 Å². The van der Waals surface area contributed by atoms with Gasteiger partial charge < -0.3 is 0 Å². The first-order chi connectivity index (χ1) is 9.43. The molecule has 1 fully saturated rings. The molecule has 2 heterocycles. The van der Waals surface area contributed by atoms with Gasteiger partial charge in [-0.25, -0.2) is 0 Å². The van der Waals surface area contributed by atoms with E-state index in [0.717, 1.165) is 17.6 Å². The van der Waals surface area contributed by atoms with Gasteiger partial charge in [0.25, 0.3) is 0 Å². The predicted molar refractivity (Wildman–Crippen MR) is 86.0 cm³/mol. The van der Waals surface area contributed by atoms with E-state index in [0.29, 0.717) is 11.5 Å². The Bertz CT molecular complexity index is 509. The molecule has 2 heteroatoms. The zero-order chi connectivity index (χ0) is 14.3. The zero-order valence-electron chi connectivity index (χ0n) is 12.7. The third-order valence-electron chi connectivity index (χ3n) is 4.78. The molecule has 0 saturated carbocycles. The van der Waals surface area contributed by atoms with Crippen molar-refractivity contribution in [2.45, 2.75) is 58.7 Å². The summed E-state index contributed by atoms with van der Waals surface area (Å²) in [7, 11) is 0. The van der Waals surface area contributed by atoms with Crippen LogP contribution in [0.1, 0.15) is 45.6 Å². The Kier molecular flexibility index (Phi) is 3.68. The summed E-state index contributed by atoms with van der Waals surface area (Å²) in [6.07, 6.45) is 6.44. The van der Waals surface area contributed by atoms with Gasteiger partial charge in [0.15, 0.2) is 0 Å². The first kappa shape index (κ1) is 14.2.